The summed E-state index contributed by atoms with van der Waals surface area (Å²) in [6.07, 6.45) is -0.495. The molecule has 1 aromatic carbocycles. The maximum absolute atomic E-state index is 12.1. The number of methoxy groups -OCH3 is 1. The Morgan fingerprint density at radius 2 is 1.92 bits per heavy atom. The SMILES string of the molecule is CCN(CC)c1ccc2cc(C(=O)CC(=O)OC)c(=O)oc2c1Br. The lowest BCUT2D eigenvalue weighted by Crippen LogP contribution is -2.22. The largest absolute Gasteiger partial charge is 0.469 e. The van der Waals surface area contributed by atoms with Crippen LogP contribution in [0.5, 0.6) is 0 Å². The second-order valence-electron chi connectivity index (χ2n) is 5.11. The van der Waals surface area contributed by atoms with Crippen LogP contribution in [-0.2, 0) is 9.53 Å². The van der Waals surface area contributed by atoms with Gasteiger partial charge in [0.25, 0.3) is 0 Å². The highest BCUT2D eigenvalue weighted by molar-refractivity contribution is 9.10. The summed E-state index contributed by atoms with van der Waals surface area (Å²) < 4.78 is 10.4. The van der Waals surface area contributed by atoms with E-state index in [0.717, 1.165) is 18.8 Å². The zero-order valence-corrected chi connectivity index (χ0v) is 15.3. The first-order chi connectivity index (χ1) is 11.4. The molecule has 7 heteroatoms. The first kappa shape index (κ1) is 18.2. The summed E-state index contributed by atoms with van der Waals surface area (Å²) in [5, 5.41) is 0.602. The Morgan fingerprint density at radius 1 is 1.25 bits per heavy atom. The molecule has 0 fully saturated rings. The molecular weight excluding hydrogens is 378 g/mol. The van der Waals surface area contributed by atoms with Crippen molar-refractivity contribution in [3.63, 3.8) is 0 Å². The molecular formula is C17H18BrNO5. The van der Waals surface area contributed by atoms with Gasteiger partial charge in [0.05, 0.1) is 17.3 Å². The fraction of sp³-hybridized carbons (Fsp3) is 0.353. The summed E-state index contributed by atoms with van der Waals surface area (Å²) in [5.74, 6) is -1.32. The number of ketones is 1. The molecule has 0 unspecified atom stereocenters. The van der Waals surface area contributed by atoms with Crippen LogP contribution >= 0.6 is 15.9 Å². The molecule has 0 atom stereocenters. The Labute approximate surface area is 147 Å². The number of halogens is 1. The van der Waals surface area contributed by atoms with E-state index < -0.39 is 23.8 Å². The Balaban J connectivity index is 2.53. The van der Waals surface area contributed by atoms with E-state index in [4.69, 9.17) is 4.42 Å². The molecule has 1 aromatic heterocycles. The van der Waals surface area contributed by atoms with Crippen LogP contribution in [0.1, 0.15) is 30.6 Å². The fourth-order valence-electron chi connectivity index (χ4n) is 2.44. The van der Waals surface area contributed by atoms with Crippen molar-refractivity contribution in [3.8, 4) is 0 Å². The van der Waals surface area contributed by atoms with Crippen LogP contribution < -0.4 is 10.5 Å². The number of carbonyl (C=O) groups excluding carboxylic acids is 2. The van der Waals surface area contributed by atoms with Gasteiger partial charge in [0.1, 0.15) is 12.0 Å². The van der Waals surface area contributed by atoms with Gasteiger partial charge in [-0.1, -0.05) is 0 Å². The summed E-state index contributed by atoms with van der Waals surface area (Å²) in [4.78, 5) is 37.5. The normalized spacial score (nSPS) is 10.7. The maximum atomic E-state index is 12.1. The van der Waals surface area contributed by atoms with Crippen molar-refractivity contribution in [3.05, 3.63) is 38.7 Å². The number of hydrogen-bond acceptors (Lipinski definition) is 6. The highest BCUT2D eigenvalue weighted by atomic mass is 79.9. The minimum atomic E-state index is -0.770. The maximum Gasteiger partial charge on any atom is 0.347 e. The van der Waals surface area contributed by atoms with E-state index in [0.29, 0.717) is 15.4 Å². The quantitative estimate of drug-likeness (QED) is 0.323. The van der Waals surface area contributed by atoms with E-state index in [1.165, 1.54) is 13.2 Å². The van der Waals surface area contributed by atoms with E-state index in [-0.39, 0.29) is 5.56 Å². The van der Waals surface area contributed by atoms with Crippen molar-refractivity contribution in [2.24, 2.45) is 0 Å². The van der Waals surface area contributed by atoms with Gasteiger partial charge in [-0.3, -0.25) is 9.59 Å². The van der Waals surface area contributed by atoms with Crippen molar-refractivity contribution in [1.82, 2.24) is 0 Å². The van der Waals surface area contributed by atoms with Crippen LogP contribution in [0, 0.1) is 0 Å². The number of esters is 1. The third-order valence-corrected chi connectivity index (χ3v) is 4.53. The number of ether oxygens (including phenoxy) is 1. The summed E-state index contributed by atoms with van der Waals surface area (Å²) >= 11 is 3.48. The molecule has 1 heterocycles. The van der Waals surface area contributed by atoms with Gasteiger partial charge < -0.3 is 14.1 Å². The third-order valence-electron chi connectivity index (χ3n) is 3.76. The van der Waals surface area contributed by atoms with Crippen LogP contribution in [0.25, 0.3) is 11.0 Å². The molecule has 2 aromatic rings. The lowest BCUT2D eigenvalue weighted by atomic mass is 10.1. The van der Waals surface area contributed by atoms with Crippen LogP contribution in [-0.4, -0.2) is 32.0 Å². The lowest BCUT2D eigenvalue weighted by molar-refractivity contribution is -0.139. The number of fused-ring (bicyclic) bond motifs is 1. The topological polar surface area (TPSA) is 76.8 Å². The number of anilines is 1. The number of nitrogens with zero attached hydrogens (tertiary/aromatic N) is 1. The fourth-order valence-corrected chi connectivity index (χ4v) is 3.13. The molecule has 0 saturated heterocycles. The predicted octanol–water partition coefficient (Wildman–Crippen LogP) is 3.15. The van der Waals surface area contributed by atoms with E-state index in [9.17, 15) is 14.4 Å². The molecule has 6 nitrogen and oxygen atoms in total. The molecule has 128 valence electrons. The standard InChI is InChI=1S/C17H18BrNO5/c1-4-19(5-2)12-7-6-10-8-11(13(20)9-14(21)23-3)17(22)24-16(10)15(12)18/h6-8H,4-5,9H2,1-3H3. The zero-order chi connectivity index (χ0) is 17.9. The Kier molecular flexibility index (Phi) is 5.77. The van der Waals surface area contributed by atoms with Gasteiger partial charge in [-0.15, -0.1) is 0 Å². The number of carbonyl (C=O) groups is 2. The van der Waals surface area contributed by atoms with Gasteiger partial charge in [0, 0.05) is 18.5 Å². The van der Waals surface area contributed by atoms with Gasteiger partial charge in [0.2, 0.25) is 0 Å². The number of hydrogen-bond donors (Lipinski definition) is 0. The van der Waals surface area contributed by atoms with Gasteiger partial charge in [-0.2, -0.15) is 0 Å². The van der Waals surface area contributed by atoms with Crippen molar-refractivity contribution in [1.29, 1.82) is 0 Å². The van der Waals surface area contributed by atoms with E-state index >= 15 is 0 Å². The number of Topliss-reactive ketones (excluding diaryl/α,β-unsaturated/α-hetero) is 1. The van der Waals surface area contributed by atoms with E-state index in [1.54, 1.807) is 6.07 Å². The van der Waals surface area contributed by atoms with Gasteiger partial charge in [0.15, 0.2) is 11.4 Å². The molecule has 0 radical (unpaired) electrons. The first-order valence-corrected chi connectivity index (χ1v) is 8.33. The average molecular weight is 396 g/mol. The lowest BCUT2D eigenvalue weighted by Gasteiger charge is -2.22. The van der Waals surface area contributed by atoms with Crippen molar-refractivity contribution < 1.29 is 18.7 Å². The molecule has 2 rings (SSSR count). The second kappa shape index (κ2) is 7.61. The smallest absolute Gasteiger partial charge is 0.347 e. The Hall–Kier alpha value is -2.15. The minimum Gasteiger partial charge on any atom is -0.469 e. The van der Waals surface area contributed by atoms with Gasteiger partial charge in [-0.25, -0.2) is 4.79 Å². The highest BCUT2D eigenvalue weighted by Crippen LogP contribution is 2.33. The monoisotopic (exact) mass is 395 g/mol. The molecule has 0 N–H and O–H groups in total. The molecule has 0 amide bonds. The average Bonchev–Trinajstić information content (AvgIpc) is 2.57. The Morgan fingerprint density at radius 3 is 2.50 bits per heavy atom. The van der Waals surface area contributed by atoms with Crippen molar-refractivity contribution in [2.45, 2.75) is 20.3 Å². The highest BCUT2D eigenvalue weighted by Gasteiger charge is 2.19. The zero-order valence-electron chi connectivity index (χ0n) is 13.7. The summed E-state index contributed by atoms with van der Waals surface area (Å²) in [6.45, 7) is 5.68. The summed E-state index contributed by atoms with van der Waals surface area (Å²) in [5.41, 5.74) is 0.354. The molecule has 0 saturated carbocycles. The minimum absolute atomic E-state index is 0.157. The summed E-state index contributed by atoms with van der Waals surface area (Å²) in [7, 11) is 1.18. The molecule has 0 aliphatic heterocycles. The molecule has 0 aliphatic carbocycles. The van der Waals surface area contributed by atoms with E-state index in [2.05, 4.69) is 25.6 Å². The second-order valence-corrected chi connectivity index (χ2v) is 5.91. The van der Waals surface area contributed by atoms with Gasteiger partial charge >= 0.3 is 11.6 Å². The van der Waals surface area contributed by atoms with Crippen LogP contribution in [0.4, 0.5) is 5.69 Å². The number of benzene rings is 1. The molecule has 0 bridgehead atoms. The van der Waals surface area contributed by atoms with Gasteiger partial charge in [-0.05, 0) is 48.0 Å². The van der Waals surface area contributed by atoms with Crippen molar-refractivity contribution in [2.75, 3.05) is 25.1 Å². The third kappa shape index (κ3) is 3.51. The molecule has 0 spiro atoms. The molecule has 0 aliphatic rings. The molecule has 24 heavy (non-hydrogen) atoms. The van der Waals surface area contributed by atoms with Crippen LogP contribution in [0.2, 0.25) is 0 Å². The summed E-state index contributed by atoms with van der Waals surface area (Å²) in [6, 6.07) is 5.13. The van der Waals surface area contributed by atoms with Crippen LogP contribution in [0.15, 0.2) is 31.9 Å². The van der Waals surface area contributed by atoms with Crippen molar-refractivity contribution >= 4 is 44.3 Å². The van der Waals surface area contributed by atoms with Crippen LogP contribution in [0.3, 0.4) is 0 Å². The Bertz CT molecular complexity index is 839. The predicted molar refractivity (Wildman–Crippen MR) is 94.7 cm³/mol. The van der Waals surface area contributed by atoms with E-state index in [1.807, 2.05) is 19.9 Å². The number of rotatable bonds is 6. The first-order valence-electron chi connectivity index (χ1n) is 7.54.